The van der Waals surface area contributed by atoms with Crippen molar-refractivity contribution in [2.45, 2.75) is 19.3 Å². The second kappa shape index (κ2) is 6.29. The van der Waals surface area contributed by atoms with E-state index in [1.807, 2.05) is 25.3 Å². The lowest BCUT2D eigenvalue weighted by atomic mass is 9.84. The van der Waals surface area contributed by atoms with Crippen molar-refractivity contribution in [1.82, 2.24) is 0 Å². The van der Waals surface area contributed by atoms with Crippen molar-refractivity contribution < 1.29 is 4.92 Å². The molecule has 0 aliphatic carbocycles. The number of allylic oxidation sites excluding steroid dienone is 1. The van der Waals surface area contributed by atoms with Crippen LogP contribution < -0.4 is 10.2 Å². The zero-order chi connectivity index (χ0) is 18.2. The fourth-order valence-corrected chi connectivity index (χ4v) is 3.46. The second-order valence-corrected chi connectivity index (χ2v) is 6.96. The van der Waals surface area contributed by atoms with E-state index in [-0.39, 0.29) is 11.1 Å². The molecule has 0 spiro atoms. The topological polar surface area (TPSA) is 58.4 Å². The van der Waals surface area contributed by atoms with Gasteiger partial charge in [0.25, 0.3) is 5.69 Å². The maximum Gasteiger partial charge on any atom is 0.269 e. The third kappa shape index (κ3) is 3.13. The highest BCUT2D eigenvalue weighted by Gasteiger charge is 2.38. The van der Waals surface area contributed by atoms with Gasteiger partial charge in [0.15, 0.2) is 0 Å². The molecule has 0 atom stereocenters. The molecule has 2 aromatic rings. The van der Waals surface area contributed by atoms with E-state index in [0.29, 0.717) is 4.99 Å². The number of likely N-dealkylation sites (N-methyl/N-ethyl adjacent to an activating group) is 1. The van der Waals surface area contributed by atoms with Gasteiger partial charge in [0.2, 0.25) is 0 Å². The fourth-order valence-electron chi connectivity index (χ4n) is 3.23. The van der Waals surface area contributed by atoms with Gasteiger partial charge in [-0.25, -0.2) is 0 Å². The van der Waals surface area contributed by atoms with Crippen molar-refractivity contribution >= 4 is 34.3 Å². The van der Waals surface area contributed by atoms with E-state index >= 15 is 0 Å². The van der Waals surface area contributed by atoms with E-state index in [2.05, 4.69) is 36.2 Å². The molecular formula is C19H19N3O2S. The highest BCUT2D eigenvalue weighted by Crippen LogP contribution is 2.46. The molecule has 0 saturated heterocycles. The summed E-state index contributed by atoms with van der Waals surface area (Å²) in [6.07, 6.45) is 1.96. The van der Waals surface area contributed by atoms with Gasteiger partial charge in [-0.15, -0.1) is 0 Å². The number of nitro benzene ring substituents is 1. The molecule has 6 heteroatoms. The van der Waals surface area contributed by atoms with Crippen molar-refractivity contribution in [2.24, 2.45) is 0 Å². The Hall–Kier alpha value is -2.73. The smallest absolute Gasteiger partial charge is 0.269 e. The molecule has 0 fully saturated rings. The summed E-state index contributed by atoms with van der Waals surface area (Å²) in [6.45, 7) is 4.35. The van der Waals surface area contributed by atoms with Gasteiger partial charge in [0.1, 0.15) is 4.99 Å². The van der Waals surface area contributed by atoms with E-state index < -0.39 is 4.92 Å². The van der Waals surface area contributed by atoms with Gasteiger partial charge in [-0.1, -0.05) is 44.3 Å². The van der Waals surface area contributed by atoms with Gasteiger partial charge >= 0.3 is 0 Å². The third-order valence-electron chi connectivity index (χ3n) is 4.55. The van der Waals surface area contributed by atoms with E-state index in [9.17, 15) is 10.1 Å². The van der Waals surface area contributed by atoms with Gasteiger partial charge in [0.05, 0.1) is 4.92 Å². The van der Waals surface area contributed by atoms with Gasteiger partial charge < -0.3 is 10.2 Å². The monoisotopic (exact) mass is 353 g/mol. The lowest BCUT2D eigenvalue weighted by molar-refractivity contribution is -0.384. The Balaban J connectivity index is 1.83. The van der Waals surface area contributed by atoms with Crippen molar-refractivity contribution in [3.8, 4) is 0 Å². The summed E-state index contributed by atoms with van der Waals surface area (Å²) < 4.78 is 0. The Bertz CT molecular complexity index is 872. The number of nitro groups is 1. The fraction of sp³-hybridized carbons (Fsp3) is 0.211. The van der Waals surface area contributed by atoms with Gasteiger partial charge in [-0.2, -0.15) is 0 Å². The predicted molar refractivity (Wildman–Crippen MR) is 105 cm³/mol. The largest absolute Gasteiger partial charge is 0.347 e. The first-order valence-electron chi connectivity index (χ1n) is 7.91. The summed E-state index contributed by atoms with van der Waals surface area (Å²) >= 11 is 5.48. The Morgan fingerprint density at radius 3 is 2.44 bits per heavy atom. The summed E-state index contributed by atoms with van der Waals surface area (Å²) in [5.74, 6) is 0. The Morgan fingerprint density at radius 1 is 1.20 bits per heavy atom. The summed E-state index contributed by atoms with van der Waals surface area (Å²) in [6, 6.07) is 14.5. The standard InChI is InChI=1S/C19H19N3O2S/c1-19(2)15-6-4-5-7-16(15)21(3)17(19)12-18(25)20-13-8-10-14(11-9-13)22(23)24/h4-12H,1-3H3,(H,20,25)/b17-12+. The molecule has 0 saturated carbocycles. The molecule has 1 aliphatic rings. The zero-order valence-electron chi connectivity index (χ0n) is 14.3. The number of non-ortho nitro benzene ring substituents is 1. The highest BCUT2D eigenvalue weighted by atomic mass is 32.1. The molecule has 0 radical (unpaired) electrons. The molecule has 128 valence electrons. The number of nitrogens with zero attached hydrogens (tertiary/aromatic N) is 2. The SMILES string of the molecule is CN1/C(=C/C(=S)Nc2ccc([N+](=O)[O-])cc2)C(C)(C)c2ccccc21. The molecule has 0 amide bonds. The second-order valence-electron chi connectivity index (χ2n) is 6.52. The van der Waals surface area contributed by atoms with Crippen LogP contribution in [0, 0.1) is 10.1 Å². The van der Waals surface area contributed by atoms with Crippen molar-refractivity contribution in [3.05, 3.63) is 76.0 Å². The van der Waals surface area contributed by atoms with Gasteiger partial charge in [-0.05, 0) is 29.8 Å². The minimum Gasteiger partial charge on any atom is -0.347 e. The van der Waals surface area contributed by atoms with Crippen LogP contribution in [0.5, 0.6) is 0 Å². The number of fused-ring (bicyclic) bond motifs is 1. The molecule has 25 heavy (non-hydrogen) atoms. The molecular weight excluding hydrogens is 334 g/mol. The summed E-state index contributed by atoms with van der Waals surface area (Å²) in [5.41, 5.74) is 4.18. The van der Waals surface area contributed by atoms with Crippen LogP contribution in [-0.4, -0.2) is 17.0 Å². The number of benzene rings is 2. The molecule has 0 unspecified atom stereocenters. The Morgan fingerprint density at radius 2 is 1.84 bits per heavy atom. The number of nitrogens with one attached hydrogen (secondary N) is 1. The highest BCUT2D eigenvalue weighted by molar-refractivity contribution is 7.81. The van der Waals surface area contributed by atoms with Crippen molar-refractivity contribution in [3.63, 3.8) is 0 Å². The first-order chi connectivity index (χ1) is 11.8. The average Bonchev–Trinajstić information content (AvgIpc) is 2.77. The predicted octanol–water partition coefficient (Wildman–Crippen LogP) is 4.65. The molecule has 0 bridgehead atoms. The summed E-state index contributed by atoms with van der Waals surface area (Å²) in [7, 11) is 2.04. The molecule has 2 aromatic carbocycles. The lowest BCUT2D eigenvalue weighted by Gasteiger charge is -2.24. The van der Waals surface area contributed by atoms with Gasteiger partial charge in [0, 0.05) is 41.7 Å². The number of rotatable bonds is 3. The maximum absolute atomic E-state index is 10.7. The average molecular weight is 353 g/mol. The molecule has 1 N–H and O–H groups in total. The zero-order valence-corrected chi connectivity index (χ0v) is 15.1. The van der Waals surface area contributed by atoms with Crippen LogP contribution in [0.2, 0.25) is 0 Å². The number of hydrogen-bond acceptors (Lipinski definition) is 4. The van der Waals surface area contributed by atoms with Crippen LogP contribution in [0.4, 0.5) is 17.1 Å². The summed E-state index contributed by atoms with van der Waals surface area (Å²) in [5, 5.41) is 13.9. The van der Waals surface area contributed by atoms with E-state index in [1.54, 1.807) is 12.1 Å². The van der Waals surface area contributed by atoms with Crippen LogP contribution in [0.25, 0.3) is 0 Å². The molecule has 1 aliphatic heterocycles. The van der Waals surface area contributed by atoms with E-state index in [4.69, 9.17) is 12.2 Å². The Kier molecular flexibility index (Phi) is 4.30. The molecule has 3 rings (SSSR count). The van der Waals surface area contributed by atoms with Crippen LogP contribution in [0.1, 0.15) is 19.4 Å². The van der Waals surface area contributed by atoms with Crippen LogP contribution in [0.15, 0.2) is 60.3 Å². The van der Waals surface area contributed by atoms with Crippen LogP contribution >= 0.6 is 12.2 Å². The van der Waals surface area contributed by atoms with Gasteiger partial charge in [-0.3, -0.25) is 10.1 Å². The number of para-hydroxylation sites is 1. The first-order valence-corrected chi connectivity index (χ1v) is 8.32. The van der Waals surface area contributed by atoms with Crippen LogP contribution in [0.3, 0.4) is 0 Å². The molecule has 1 heterocycles. The van der Waals surface area contributed by atoms with Crippen LogP contribution in [-0.2, 0) is 5.41 Å². The van der Waals surface area contributed by atoms with E-state index in [1.165, 1.54) is 23.4 Å². The lowest BCUT2D eigenvalue weighted by Crippen LogP contribution is -2.24. The third-order valence-corrected chi connectivity index (χ3v) is 4.77. The minimum absolute atomic E-state index is 0.0573. The molecule has 5 nitrogen and oxygen atoms in total. The first kappa shape index (κ1) is 17.1. The number of hydrogen-bond donors (Lipinski definition) is 1. The van der Waals surface area contributed by atoms with E-state index in [0.717, 1.165) is 11.4 Å². The number of anilines is 2. The summed E-state index contributed by atoms with van der Waals surface area (Å²) in [4.78, 5) is 13.0. The Labute approximate surface area is 152 Å². The van der Waals surface area contributed by atoms with Crippen molar-refractivity contribution in [2.75, 3.05) is 17.3 Å². The number of thiocarbonyl (C=S) groups is 1. The maximum atomic E-state index is 10.7. The normalized spacial score (nSPS) is 16.6. The quantitative estimate of drug-likeness (QED) is 0.377. The van der Waals surface area contributed by atoms with Crippen molar-refractivity contribution in [1.29, 1.82) is 0 Å². The minimum atomic E-state index is -0.419. The molecule has 0 aromatic heterocycles.